The number of nitrogens with zero attached hydrogens (tertiary/aromatic N) is 2. The number of aliphatic carboxylic acids is 1. The third-order valence-electron chi connectivity index (χ3n) is 4.69. The molecule has 25 heavy (non-hydrogen) atoms. The number of hydrogen-bond donors (Lipinski definition) is 2. The van der Waals surface area contributed by atoms with Crippen molar-refractivity contribution in [2.45, 2.75) is 19.4 Å². The van der Waals surface area contributed by atoms with Gasteiger partial charge in [0.25, 0.3) is 0 Å². The first-order valence-corrected chi connectivity index (χ1v) is 8.45. The quantitative estimate of drug-likeness (QED) is 0.872. The molecule has 1 aromatic carbocycles. The summed E-state index contributed by atoms with van der Waals surface area (Å²) in [5.41, 5.74) is 1.77. The Kier molecular flexibility index (Phi) is 5.23. The third kappa shape index (κ3) is 3.93. The van der Waals surface area contributed by atoms with Crippen LogP contribution in [0.5, 0.6) is 0 Å². The van der Waals surface area contributed by atoms with E-state index in [-0.39, 0.29) is 11.9 Å². The fourth-order valence-corrected chi connectivity index (χ4v) is 3.18. The van der Waals surface area contributed by atoms with Crippen molar-refractivity contribution >= 4 is 28.6 Å². The summed E-state index contributed by atoms with van der Waals surface area (Å²) in [6.45, 7) is 2.31. The van der Waals surface area contributed by atoms with Crippen LogP contribution in [0.4, 0.5) is 10.5 Å². The number of piperidine rings is 1. The van der Waals surface area contributed by atoms with Gasteiger partial charge in [0.2, 0.25) is 0 Å². The van der Waals surface area contributed by atoms with Crippen LogP contribution in [0.25, 0.3) is 10.9 Å². The molecular formula is C18H23N3O4. The molecule has 0 atom stereocenters. The first-order valence-electron chi connectivity index (χ1n) is 8.45. The van der Waals surface area contributed by atoms with Crippen LogP contribution in [0.2, 0.25) is 0 Å². The Labute approximate surface area is 146 Å². The van der Waals surface area contributed by atoms with Crippen molar-refractivity contribution in [1.29, 1.82) is 0 Å². The second-order valence-electron chi connectivity index (χ2n) is 6.31. The Bertz CT molecular complexity index is 763. The first-order chi connectivity index (χ1) is 12.1. The number of carbonyl (C=O) groups excluding carboxylic acids is 1. The van der Waals surface area contributed by atoms with Crippen molar-refractivity contribution in [1.82, 2.24) is 9.47 Å². The smallest absolute Gasteiger partial charge is 0.321 e. The molecule has 0 spiro atoms. The van der Waals surface area contributed by atoms with Crippen LogP contribution in [0.3, 0.4) is 0 Å². The maximum absolute atomic E-state index is 12.4. The van der Waals surface area contributed by atoms with Gasteiger partial charge in [-0.2, -0.15) is 0 Å². The van der Waals surface area contributed by atoms with Gasteiger partial charge in [-0.3, -0.25) is 4.79 Å². The molecule has 0 radical (unpaired) electrons. The van der Waals surface area contributed by atoms with Gasteiger partial charge < -0.3 is 24.6 Å². The molecule has 1 aromatic heterocycles. The lowest BCUT2D eigenvalue weighted by atomic mass is 9.97. The number of ether oxygens (including phenoxy) is 1. The maximum Gasteiger partial charge on any atom is 0.321 e. The SMILES string of the molecule is COCCn1ccc2ccc(NC(=O)N3CCC(C(=O)O)CC3)cc21. The van der Waals surface area contributed by atoms with Crippen LogP contribution in [0.15, 0.2) is 30.5 Å². The van der Waals surface area contributed by atoms with E-state index >= 15 is 0 Å². The molecule has 134 valence electrons. The number of nitrogens with one attached hydrogen (secondary N) is 1. The highest BCUT2D eigenvalue weighted by molar-refractivity contribution is 5.93. The Morgan fingerprint density at radius 2 is 2.04 bits per heavy atom. The van der Waals surface area contributed by atoms with Gasteiger partial charge >= 0.3 is 12.0 Å². The summed E-state index contributed by atoms with van der Waals surface area (Å²) in [5, 5.41) is 13.1. The van der Waals surface area contributed by atoms with E-state index in [2.05, 4.69) is 9.88 Å². The van der Waals surface area contributed by atoms with Gasteiger partial charge in [-0.1, -0.05) is 6.07 Å². The number of carbonyl (C=O) groups is 2. The minimum Gasteiger partial charge on any atom is -0.481 e. The number of likely N-dealkylation sites (tertiary alicyclic amines) is 1. The lowest BCUT2D eigenvalue weighted by Crippen LogP contribution is -2.42. The molecule has 2 heterocycles. The largest absolute Gasteiger partial charge is 0.481 e. The molecule has 0 aliphatic carbocycles. The van der Waals surface area contributed by atoms with E-state index < -0.39 is 5.97 Å². The molecule has 1 aliphatic heterocycles. The number of anilines is 1. The zero-order valence-corrected chi connectivity index (χ0v) is 14.3. The summed E-state index contributed by atoms with van der Waals surface area (Å²) in [6, 6.07) is 7.66. The van der Waals surface area contributed by atoms with E-state index in [0.717, 1.165) is 23.1 Å². The Hall–Kier alpha value is -2.54. The van der Waals surface area contributed by atoms with Gasteiger partial charge in [-0.25, -0.2) is 4.79 Å². The molecule has 7 nitrogen and oxygen atoms in total. The Balaban J connectivity index is 1.66. The summed E-state index contributed by atoms with van der Waals surface area (Å²) in [7, 11) is 1.67. The van der Waals surface area contributed by atoms with Gasteiger partial charge in [0, 0.05) is 38.6 Å². The number of rotatable bonds is 5. The molecule has 2 amide bonds. The lowest BCUT2D eigenvalue weighted by molar-refractivity contribution is -0.143. The van der Waals surface area contributed by atoms with E-state index in [1.807, 2.05) is 30.5 Å². The number of urea groups is 1. The summed E-state index contributed by atoms with van der Waals surface area (Å²) in [4.78, 5) is 25.1. The molecular weight excluding hydrogens is 322 g/mol. The minimum absolute atomic E-state index is 0.182. The van der Waals surface area contributed by atoms with Crippen molar-refractivity contribution in [2.75, 3.05) is 32.1 Å². The highest BCUT2D eigenvalue weighted by Gasteiger charge is 2.26. The summed E-state index contributed by atoms with van der Waals surface area (Å²) >= 11 is 0. The van der Waals surface area contributed by atoms with Crippen molar-refractivity contribution in [2.24, 2.45) is 5.92 Å². The van der Waals surface area contributed by atoms with Crippen LogP contribution in [0, 0.1) is 5.92 Å². The van der Waals surface area contributed by atoms with Crippen molar-refractivity contribution in [3.63, 3.8) is 0 Å². The number of fused-ring (bicyclic) bond motifs is 1. The molecule has 0 bridgehead atoms. The average Bonchev–Trinajstić information content (AvgIpc) is 3.02. The highest BCUT2D eigenvalue weighted by atomic mass is 16.5. The standard InChI is InChI=1S/C18H23N3O4/c1-25-11-10-20-7-4-13-2-3-15(12-16(13)20)19-18(24)21-8-5-14(6-9-21)17(22)23/h2-4,7,12,14H,5-6,8-11H2,1H3,(H,19,24)(H,22,23). The van der Waals surface area contributed by atoms with Gasteiger partial charge in [-0.15, -0.1) is 0 Å². The van der Waals surface area contributed by atoms with Crippen molar-refractivity contribution in [3.05, 3.63) is 30.5 Å². The van der Waals surface area contributed by atoms with Crippen LogP contribution in [-0.4, -0.2) is 53.4 Å². The number of benzene rings is 1. The van der Waals surface area contributed by atoms with Crippen LogP contribution >= 0.6 is 0 Å². The molecule has 0 unspecified atom stereocenters. The molecule has 2 N–H and O–H groups in total. The number of aromatic nitrogens is 1. The average molecular weight is 345 g/mol. The van der Waals surface area contributed by atoms with Crippen LogP contribution < -0.4 is 5.32 Å². The number of methoxy groups -OCH3 is 1. The monoisotopic (exact) mass is 345 g/mol. The van der Waals surface area contributed by atoms with Crippen molar-refractivity contribution < 1.29 is 19.4 Å². The Morgan fingerprint density at radius 1 is 1.28 bits per heavy atom. The lowest BCUT2D eigenvalue weighted by Gasteiger charge is -2.30. The topological polar surface area (TPSA) is 83.8 Å². The zero-order chi connectivity index (χ0) is 17.8. The van der Waals surface area contributed by atoms with Crippen LogP contribution in [-0.2, 0) is 16.1 Å². The van der Waals surface area contributed by atoms with E-state index in [0.29, 0.717) is 32.5 Å². The number of hydrogen-bond acceptors (Lipinski definition) is 3. The zero-order valence-electron chi connectivity index (χ0n) is 14.3. The highest BCUT2D eigenvalue weighted by Crippen LogP contribution is 2.22. The maximum atomic E-state index is 12.4. The van der Waals surface area contributed by atoms with Crippen molar-refractivity contribution in [3.8, 4) is 0 Å². The molecule has 3 rings (SSSR count). The van der Waals surface area contributed by atoms with Gasteiger partial charge in [0.05, 0.1) is 18.0 Å². The summed E-state index contributed by atoms with van der Waals surface area (Å²) < 4.78 is 7.21. The van der Waals surface area contributed by atoms with E-state index in [1.54, 1.807) is 12.0 Å². The molecule has 1 saturated heterocycles. The third-order valence-corrected chi connectivity index (χ3v) is 4.69. The Morgan fingerprint density at radius 3 is 2.72 bits per heavy atom. The van der Waals surface area contributed by atoms with Crippen LogP contribution in [0.1, 0.15) is 12.8 Å². The molecule has 2 aromatic rings. The minimum atomic E-state index is -0.776. The fraction of sp³-hybridized carbons (Fsp3) is 0.444. The predicted octanol–water partition coefficient (Wildman–Crippen LogP) is 2.62. The van der Waals surface area contributed by atoms with E-state index in [1.165, 1.54) is 0 Å². The van der Waals surface area contributed by atoms with Gasteiger partial charge in [-0.05, 0) is 36.4 Å². The van der Waals surface area contributed by atoms with Gasteiger partial charge in [0.15, 0.2) is 0 Å². The normalized spacial score (nSPS) is 15.5. The first kappa shape index (κ1) is 17.3. The molecule has 7 heteroatoms. The van der Waals surface area contributed by atoms with E-state index in [4.69, 9.17) is 9.84 Å². The molecule has 0 saturated carbocycles. The second-order valence-corrected chi connectivity index (χ2v) is 6.31. The number of amides is 2. The predicted molar refractivity (Wildman–Crippen MR) is 94.8 cm³/mol. The van der Waals surface area contributed by atoms with Gasteiger partial charge in [0.1, 0.15) is 0 Å². The number of carboxylic acids is 1. The summed E-state index contributed by atoms with van der Waals surface area (Å²) in [6.07, 6.45) is 3.01. The fourth-order valence-electron chi connectivity index (χ4n) is 3.18. The number of carboxylic acid groups (broad SMARTS) is 1. The summed E-state index contributed by atoms with van der Waals surface area (Å²) in [5.74, 6) is -1.12. The van der Waals surface area contributed by atoms with E-state index in [9.17, 15) is 9.59 Å². The second kappa shape index (κ2) is 7.57. The molecule has 1 aliphatic rings. The molecule has 1 fully saturated rings.